The molecular formula is C80H156O17P2. The highest BCUT2D eigenvalue weighted by Gasteiger charge is 2.30. The van der Waals surface area contributed by atoms with E-state index in [-0.39, 0.29) is 25.7 Å². The maximum absolute atomic E-state index is 13.1. The van der Waals surface area contributed by atoms with Gasteiger partial charge in [0.15, 0.2) is 12.2 Å². The van der Waals surface area contributed by atoms with Crippen LogP contribution in [-0.2, 0) is 65.4 Å². The van der Waals surface area contributed by atoms with Gasteiger partial charge < -0.3 is 33.8 Å². The predicted octanol–water partition coefficient (Wildman–Crippen LogP) is 24.0. The number of aliphatic hydroxyl groups excluding tert-OH is 1. The molecule has 3 N–H and O–H groups in total. The lowest BCUT2D eigenvalue weighted by Gasteiger charge is -2.21. The van der Waals surface area contributed by atoms with E-state index < -0.39 is 97.5 Å². The fourth-order valence-electron chi connectivity index (χ4n) is 12.4. The molecule has 0 aliphatic rings. The van der Waals surface area contributed by atoms with Gasteiger partial charge >= 0.3 is 39.5 Å². The molecule has 0 fully saturated rings. The summed E-state index contributed by atoms with van der Waals surface area (Å²) in [5.41, 5.74) is 0. The van der Waals surface area contributed by atoms with Crippen LogP contribution in [-0.4, -0.2) is 96.7 Å². The van der Waals surface area contributed by atoms with Gasteiger partial charge in [-0.3, -0.25) is 37.3 Å². The number of carbonyl (C=O) groups excluding carboxylic acids is 4. The molecule has 19 heteroatoms. The van der Waals surface area contributed by atoms with E-state index in [9.17, 15) is 43.2 Å². The van der Waals surface area contributed by atoms with Crippen molar-refractivity contribution >= 4 is 39.5 Å². The molecule has 588 valence electrons. The van der Waals surface area contributed by atoms with Crippen molar-refractivity contribution in [3.05, 3.63) is 0 Å². The Balaban J connectivity index is 5.13. The first kappa shape index (κ1) is 97.1. The van der Waals surface area contributed by atoms with Gasteiger partial charge in [-0.25, -0.2) is 9.13 Å². The minimum Gasteiger partial charge on any atom is -0.462 e. The first-order valence-corrected chi connectivity index (χ1v) is 44.6. The van der Waals surface area contributed by atoms with Crippen LogP contribution in [0.4, 0.5) is 0 Å². The zero-order chi connectivity index (χ0) is 72.7. The molecule has 0 rings (SSSR count). The van der Waals surface area contributed by atoms with Crippen LogP contribution < -0.4 is 0 Å². The molecule has 2 unspecified atom stereocenters. The highest BCUT2D eigenvalue weighted by molar-refractivity contribution is 7.47. The molecule has 17 nitrogen and oxygen atoms in total. The molecule has 99 heavy (non-hydrogen) atoms. The SMILES string of the molecule is CCCCCCCCCCCCCCCCCCCCCCCCC(=O)O[C@H](COC(=O)CCCCCCCCCCCCCCCCCCCCCC)COP(=O)(O)OC[C@@H](O)COP(=O)(O)OC[C@@H](COC(=O)CCCCCCCCC)OC(=O)CCCCCCCCCC(C)C. The van der Waals surface area contributed by atoms with Crippen LogP contribution in [0.25, 0.3) is 0 Å². The van der Waals surface area contributed by atoms with E-state index in [2.05, 4.69) is 34.6 Å². The Morgan fingerprint density at radius 2 is 0.465 bits per heavy atom. The summed E-state index contributed by atoms with van der Waals surface area (Å²) in [6, 6.07) is 0. The highest BCUT2D eigenvalue weighted by Crippen LogP contribution is 2.45. The van der Waals surface area contributed by atoms with Gasteiger partial charge in [-0.05, 0) is 31.6 Å². The molecule has 0 saturated carbocycles. The Bertz CT molecular complexity index is 1890. The van der Waals surface area contributed by atoms with E-state index in [1.54, 1.807) is 0 Å². The van der Waals surface area contributed by atoms with Gasteiger partial charge in [0.1, 0.15) is 19.3 Å². The number of hydrogen-bond acceptors (Lipinski definition) is 15. The second-order valence-electron chi connectivity index (χ2n) is 29.3. The van der Waals surface area contributed by atoms with E-state index in [4.69, 9.17) is 37.0 Å². The van der Waals surface area contributed by atoms with Gasteiger partial charge in [0.05, 0.1) is 26.4 Å². The molecule has 0 aliphatic heterocycles. The van der Waals surface area contributed by atoms with E-state index in [0.717, 1.165) is 103 Å². The second kappa shape index (κ2) is 73.0. The van der Waals surface area contributed by atoms with Gasteiger partial charge in [-0.1, -0.05) is 375 Å². The molecule has 0 amide bonds. The fourth-order valence-corrected chi connectivity index (χ4v) is 14.0. The average Bonchev–Trinajstić information content (AvgIpc) is 1.16. The van der Waals surface area contributed by atoms with Crippen LogP contribution in [0.1, 0.15) is 426 Å². The third kappa shape index (κ3) is 74.1. The van der Waals surface area contributed by atoms with Gasteiger partial charge in [0, 0.05) is 25.7 Å². The number of aliphatic hydroxyl groups is 1. The standard InChI is InChI=1S/C80H156O17P2/c1-6-9-12-15-18-20-22-24-26-28-30-32-33-35-37-39-41-43-45-50-55-60-65-79(84)96-76(70-91-78(83)64-59-54-49-44-42-40-38-36-34-31-29-27-25-23-21-19-16-13-10-7-2)72-95-99(88,89)93-68-74(81)67-92-98(86,87)94-71-75(69-90-77(82)63-58-53-47-17-14-11-8-3)97-80(85)66-61-56-51-46-48-52-57-62-73(4)5/h73-76,81H,6-72H2,1-5H3,(H,86,87)(H,88,89)/t74-,75+,76+/m0/s1. The molecule has 0 bridgehead atoms. The Morgan fingerprint density at radius 1 is 0.273 bits per heavy atom. The maximum atomic E-state index is 13.1. The zero-order valence-electron chi connectivity index (χ0n) is 64.6. The first-order chi connectivity index (χ1) is 48.0. The van der Waals surface area contributed by atoms with Crippen LogP contribution in [0.3, 0.4) is 0 Å². The number of rotatable bonds is 80. The molecular weight excluding hydrogens is 1290 g/mol. The third-order valence-electron chi connectivity index (χ3n) is 18.8. The molecule has 0 aromatic carbocycles. The van der Waals surface area contributed by atoms with Gasteiger partial charge in [0.2, 0.25) is 0 Å². The van der Waals surface area contributed by atoms with Crippen LogP contribution >= 0.6 is 15.6 Å². The van der Waals surface area contributed by atoms with Crippen LogP contribution in [0.2, 0.25) is 0 Å². The monoisotopic (exact) mass is 1450 g/mol. The molecule has 0 heterocycles. The molecule has 0 saturated heterocycles. The molecule has 0 aromatic rings. The molecule has 0 aromatic heterocycles. The lowest BCUT2D eigenvalue weighted by molar-refractivity contribution is -0.161. The Morgan fingerprint density at radius 3 is 0.687 bits per heavy atom. The average molecular weight is 1450 g/mol. The maximum Gasteiger partial charge on any atom is 0.472 e. The number of hydrogen-bond donors (Lipinski definition) is 3. The zero-order valence-corrected chi connectivity index (χ0v) is 66.4. The van der Waals surface area contributed by atoms with Crippen molar-refractivity contribution in [2.24, 2.45) is 5.92 Å². The van der Waals surface area contributed by atoms with Crippen molar-refractivity contribution < 1.29 is 80.2 Å². The summed E-state index contributed by atoms with van der Waals surface area (Å²) >= 11 is 0. The van der Waals surface area contributed by atoms with E-state index in [1.165, 1.54) is 238 Å². The van der Waals surface area contributed by atoms with Crippen LogP contribution in [0, 0.1) is 5.92 Å². The van der Waals surface area contributed by atoms with Crippen molar-refractivity contribution in [1.29, 1.82) is 0 Å². The van der Waals surface area contributed by atoms with Crippen LogP contribution in [0.15, 0.2) is 0 Å². The largest absolute Gasteiger partial charge is 0.472 e. The summed E-state index contributed by atoms with van der Waals surface area (Å²) in [6.45, 7) is 7.20. The van der Waals surface area contributed by atoms with Gasteiger partial charge in [-0.15, -0.1) is 0 Å². The summed E-state index contributed by atoms with van der Waals surface area (Å²) in [5.74, 6) is -1.42. The van der Waals surface area contributed by atoms with Gasteiger partial charge in [-0.2, -0.15) is 0 Å². The van der Waals surface area contributed by atoms with Gasteiger partial charge in [0.25, 0.3) is 0 Å². The number of phosphoric ester groups is 2. The third-order valence-corrected chi connectivity index (χ3v) is 20.7. The number of esters is 4. The number of carbonyl (C=O) groups is 4. The topological polar surface area (TPSA) is 237 Å². The van der Waals surface area contributed by atoms with Crippen molar-refractivity contribution in [1.82, 2.24) is 0 Å². The molecule has 5 atom stereocenters. The van der Waals surface area contributed by atoms with Crippen molar-refractivity contribution in [3.8, 4) is 0 Å². The van der Waals surface area contributed by atoms with E-state index in [0.29, 0.717) is 31.6 Å². The van der Waals surface area contributed by atoms with Crippen molar-refractivity contribution in [2.45, 2.75) is 445 Å². The van der Waals surface area contributed by atoms with Crippen LogP contribution in [0.5, 0.6) is 0 Å². The lowest BCUT2D eigenvalue weighted by atomic mass is 10.0. The summed E-state index contributed by atoms with van der Waals surface area (Å²) in [7, 11) is -9.91. The summed E-state index contributed by atoms with van der Waals surface area (Å²) in [4.78, 5) is 72.7. The predicted molar refractivity (Wildman–Crippen MR) is 405 cm³/mol. The minimum atomic E-state index is -4.96. The Kier molecular flexibility index (Phi) is 71.6. The molecule has 0 radical (unpaired) electrons. The fraction of sp³-hybridized carbons (Fsp3) is 0.950. The molecule has 0 spiro atoms. The van der Waals surface area contributed by atoms with Crippen molar-refractivity contribution in [2.75, 3.05) is 39.6 Å². The summed E-state index contributed by atoms with van der Waals surface area (Å²) < 4.78 is 68.5. The molecule has 0 aliphatic carbocycles. The van der Waals surface area contributed by atoms with E-state index in [1.807, 2.05) is 0 Å². The van der Waals surface area contributed by atoms with Crippen molar-refractivity contribution in [3.63, 3.8) is 0 Å². The quantitative estimate of drug-likeness (QED) is 0.0222. The number of ether oxygens (including phenoxy) is 4. The highest BCUT2D eigenvalue weighted by atomic mass is 31.2. The Labute approximate surface area is 607 Å². The number of phosphoric acid groups is 2. The summed E-state index contributed by atoms with van der Waals surface area (Å²) in [5, 5.41) is 10.6. The van der Waals surface area contributed by atoms with E-state index >= 15 is 0 Å². The minimum absolute atomic E-state index is 0.104. The second-order valence-corrected chi connectivity index (χ2v) is 32.2. The lowest BCUT2D eigenvalue weighted by Crippen LogP contribution is -2.30. The first-order valence-electron chi connectivity index (χ1n) is 41.6. The number of unbranched alkanes of at least 4 members (excludes halogenated alkanes) is 52. The summed E-state index contributed by atoms with van der Waals surface area (Å²) in [6.07, 6.45) is 64.5. The normalized spacial score (nSPS) is 13.9. The smallest absolute Gasteiger partial charge is 0.462 e. The Hall–Kier alpha value is -1.94.